The normalized spacial score (nSPS) is 12.0. The molecule has 116 valence electrons. The van der Waals surface area contributed by atoms with Crippen LogP contribution in [0.15, 0.2) is 53.5 Å². The molecule has 0 aliphatic heterocycles. The van der Waals surface area contributed by atoms with Crippen molar-refractivity contribution in [1.82, 2.24) is 25.3 Å². The first-order valence-corrected chi connectivity index (χ1v) is 7.18. The monoisotopic (exact) mass is 309 g/mol. The lowest BCUT2D eigenvalue weighted by atomic mass is 10.2. The highest BCUT2D eigenvalue weighted by molar-refractivity contribution is 5.81. The van der Waals surface area contributed by atoms with Crippen molar-refractivity contribution < 1.29 is 4.79 Å². The second-order valence-corrected chi connectivity index (χ2v) is 5.07. The Bertz CT molecular complexity index is 892. The Morgan fingerprint density at radius 2 is 2.00 bits per heavy atom. The number of carbonyl (C=O) groups is 1. The molecule has 1 unspecified atom stereocenters. The van der Waals surface area contributed by atoms with Crippen LogP contribution in [0, 0.1) is 0 Å². The lowest BCUT2D eigenvalue weighted by Gasteiger charge is -2.13. The zero-order chi connectivity index (χ0) is 16.2. The summed E-state index contributed by atoms with van der Waals surface area (Å²) in [5, 5.41) is 11.0. The van der Waals surface area contributed by atoms with Crippen LogP contribution in [-0.2, 0) is 11.3 Å². The molecule has 0 radical (unpaired) electrons. The fourth-order valence-corrected chi connectivity index (χ4v) is 2.19. The van der Waals surface area contributed by atoms with Gasteiger partial charge < -0.3 is 5.32 Å². The van der Waals surface area contributed by atoms with Crippen molar-refractivity contribution in [3.05, 3.63) is 64.7 Å². The number of hydrogen-bond donors (Lipinski definition) is 1. The van der Waals surface area contributed by atoms with E-state index in [4.69, 9.17) is 0 Å². The summed E-state index contributed by atoms with van der Waals surface area (Å²) in [5.74, 6) is -0.317. The Morgan fingerprint density at radius 1 is 1.22 bits per heavy atom. The number of benzene rings is 1. The van der Waals surface area contributed by atoms with Gasteiger partial charge in [0.15, 0.2) is 0 Å². The Labute approximate surface area is 132 Å². The summed E-state index contributed by atoms with van der Waals surface area (Å²) >= 11 is 0. The van der Waals surface area contributed by atoms with Crippen molar-refractivity contribution in [3.8, 4) is 0 Å². The predicted octanol–water partition coefficient (Wildman–Crippen LogP) is 1.06. The average molecular weight is 309 g/mol. The van der Waals surface area contributed by atoms with Gasteiger partial charge in [-0.05, 0) is 31.2 Å². The van der Waals surface area contributed by atoms with Crippen LogP contribution in [0.3, 0.4) is 0 Å². The zero-order valence-corrected chi connectivity index (χ0v) is 12.5. The van der Waals surface area contributed by atoms with Crippen molar-refractivity contribution in [3.63, 3.8) is 0 Å². The maximum absolute atomic E-state index is 12.4. The second-order valence-electron chi connectivity index (χ2n) is 5.07. The van der Waals surface area contributed by atoms with Crippen LogP contribution in [0.4, 0.5) is 0 Å². The molecular formula is C16H15N5O2. The molecule has 0 bridgehead atoms. The van der Waals surface area contributed by atoms with Gasteiger partial charge in [-0.1, -0.05) is 23.4 Å². The Kier molecular flexibility index (Phi) is 4.09. The quantitative estimate of drug-likeness (QED) is 0.778. The number of carbonyl (C=O) groups excluding carboxylic acids is 1. The first kappa shape index (κ1) is 14.8. The summed E-state index contributed by atoms with van der Waals surface area (Å²) in [7, 11) is 0. The minimum absolute atomic E-state index is 0.291. The first-order valence-electron chi connectivity index (χ1n) is 7.18. The largest absolute Gasteiger partial charge is 0.349 e. The predicted molar refractivity (Wildman–Crippen MR) is 84.6 cm³/mol. The summed E-state index contributed by atoms with van der Waals surface area (Å²) in [6.45, 7) is 1.90. The molecular weight excluding hydrogens is 294 g/mol. The van der Waals surface area contributed by atoms with Crippen molar-refractivity contribution in [2.75, 3.05) is 0 Å². The molecule has 2 heterocycles. The van der Waals surface area contributed by atoms with E-state index in [-0.39, 0.29) is 11.5 Å². The van der Waals surface area contributed by atoms with Gasteiger partial charge in [-0.3, -0.25) is 14.6 Å². The van der Waals surface area contributed by atoms with E-state index in [0.717, 1.165) is 10.4 Å². The number of amides is 1. The van der Waals surface area contributed by atoms with Gasteiger partial charge in [-0.25, -0.2) is 0 Å². The molecule has 0 spiro atoms. The van der Waals surface area contributed by atoms with E-state index in [9.17, 15) is 9.59 Å². The van der Waals surface area contributed by atoms with Gasteiger partial charge in [0.05, 0.1) is 17.6 Å². The molecule has 0 saturated heterocycles. The topological polar surface area (TPSA) is 89.8 Å². The smallest absolute Gasteiger partial charge is 0.278 e. The van der Waals surface area contributed by atoms with Crippen LogP contribution in [0.5, 0.6) is 0 Å². The molecule has 3 aromatic rings. The minimum Gasteiger partial charge on any atom is -0.349 e. The Hall–Kier alpha value is -3.09. The fourth-order valence-electron chi connectivity index (χ4n) is 2.19. The van der Waals surface area contributed by atoms with Gasteiger partial charge in [0.2, 0.25) is 5.91 Å². The minimum atomic E-state index is -0.761. The summed E-state index contributed by atoms with van der Waals surface area (Å²) in [6, 6.07) is 11.6. The first-order chi connectivity index (χ1) is 11.2. The molecule has 23 heavy (non-hydrogen) atoms. The van der Waals surface area contributed by atoms with Crippen LogP contribution < -0.4 is 10.9 Å². The van der Waals surface area contributed by atoms with E-state index in [2.05, 4.69) is 20.6 Å². The van der Waals surface area contributed by atoms with Crippen LogP contribution in [0.25, 0.3) is 10.9 Å². The van der Waals surface area contributed by atoms with Crippen molar-refractivity contribution >= 4 is 16.8 Å². The van der Waals surface area contributed by atoms with Crippen molar-refractivity contribution in [2.24, 2.45) is 0 Å². The van der Waals surface area contributed by atoms with Gasteiger partial charge >= 0.3 is 0 Å². The number of aromatic nitrogens is 4. The Morgan fingerprint density at radius 3 is 2.78 bits per heavy atom. The number of fused-ring (bicyclic) bond motifs is 1. The molecule has 0 fully saturated rings. The maximum Gasteiger partial charge on any atom is 0.278 e. The van der Waals surface area contributed by atoms with Crippen LogP contribution in [0.2, 0.25) is 0 Å². The van der Waals surface area contributed by atoms with Crippen molar-refractivity contribution in [1.29, 1.82) is 0 Å². The molecule has 1 N–H and O–H groups in total. The molecule has 7 nitrogen and oxygen atoms in total. The number of hydrogen-bond acceptors (Lipinski definition) is 5. The van der Waals surface area contributed by atoms with Gasteiger partial charge in [0, 0.05) is 6.20 Å². The summed E-state index contributed by atoms with van der Waals surface area (Å²) in [6.07, 6.45) is 1.66. The third-order valence-corrected chi connectivity index (χ3v) is 3.51. The highest BCUT2D eigenvalue weighted by atomic mass is 16.2. The summed E-state index contributed by atoms with van der Waals surface area (Å²) in [4.78, 5) is 28.8. The lowest BCUT2D eigenvalue weighted by molar-refractivity contribution is -0.124. The molecule has 0 saturated carbocycles. The lowest BCUT2D eigenvalue weighted by Crippen LogP contribution is -2.37. The SMILES string of the molecule is CC(C(=O)NCc1ccccn1)n1nnc2ccccc2c1=O. The Balaban J connectivity index is 1.80. The second kappa shape index (κ2) is 6.35. The average Bonchev–Trinajstić information content (AvgIpc) is 2.60. The third kappa shape index (κ3) is 3.08. The molecule has 1 amide bonds. The van der Waals surface area contributed by atoms with E-state index in [1.165, 1.54) is 0 Å². The molecule has 1 atom stereocenters. The highest BCUT2D eigenvalue weighted by Crippen LogP contribution is 2.07. The van der Waals surface area contributed by atoms with Crippen LogP contribution >= 0.6 is 0 Å². The third-order valence-electron chi connectivity index (χ3n) is 3.51. The van der Waals surface area contributed by atoms with Crippen molar-refractivity contribution in [2.45, 2.75) is 19.5 Å². The molecule has 2 aromatic heterocycles. The molecule has 3 rings (SSSR count). The van der Waals surface area contributed by atoms with Gasteiger partial charge in [-0.15, -0.1) is 5.10 Å². The molecule has 0 aliphatic carbocycles. The zero-order valence-electron chi connectivity index (χ0n) is 12.5. The summed E-state index contributed by atoms with van der Waals surface area (Å²) in [5.41, 5.74) is 0.913. The van der Waals surface area contributed by atoms with Crippen LogP contribution in [0.1, 0.15) is 18.7 Å². The maximum atomic E-state index is 12.4. The van der Waals surface area contributed by atoms with Gasteiger partial charge in [0.1, 0.15) is 11.6 Å². The number of pyridine rings is 1. The van der Waals surface area contributed by atoms with Crippen LogP contribution in [-0.4, -0.2) is 25.9 Å². The molecule has 7 heteroatoms. The van der Waals surface area contributed by atoms with E-state index in [0.29, 0.717) is 17.4 Å². The van der Waals surface area contributed by atoms with Gasteiger partial charge in [-0.2, -0.15) is 4.68 Å². The van der Waals surface area contributed by atoms with E-state index in [1.54, 1.807) is 43.5 Å². The number of nitrogens with zero attached hydrogens (tertiary/aromatic N) is 4. The molecule has 0 aliphatic rings. The van der Waals surface area contributed by atoms with E-state index < -0.39 is 6.04 Å². The number of nitrogens with one attached hydrogen (secondary N) is 1. The van der Waals surface area contributed by atoms with E-state index in [1.807, 2.05) is 12.1 Å². The van der Waals surface area contributed by atoms with E-state index >= 15 is 0 Å². The van der Waals surface area contributed by atoms with Gasteiger partial charge in [0.25, 0.3) is 5.56 Å². The number of rotatable bonds is 4. The summed E-state index contributed by atoms with van der Waals surface area (Å²) < 4.78 is 1.09. The standard InChI is InChI=1S/C16H15N5O2/c1-11(15(22)18-10-12-6-4-5-9-17-12)21-16(23)13-7-2-3-8-14(13)19-20-21/h2-9,11H,10H2,1H3,(H,18,22). The fraction of sp³-hybridized carbons (Fsp3) is 0.188. The molecule has 1 aromatic carbocycles. The highest BCUT2D eigenvalue weighted by Gasteiger charge is 2.18.